The lowest BCUT2D eigenvalue weighted by atomic mass is 10.0. The van der Waals surface area contributed by atoms with Crippen molar-refractivity contribution in [2.45, 2.75) is 61.9 Å². The molecule has 1 saturated heterocycles. The van der Waals surface area contributed by atoms with Crippen molar-refractivity contribution in [1.82, 2.24) is 20.9 Å². The number of carbonyl (C=O) groups excluding carboxylic acids is 2. The first-order valence-electron chi connectivity index (χ1n) is 18.7. The molecule has 288 valence electrons. The summed E-state index contributed by atoms with van der Waals surface area (Å²) in [6.45, 7) is 9.23. The standard InChI is InChI=1S/C44H46ClN7O4/c1-3-43(4-2,29-48)56-42(54)52-21-17-35(18-22-52)49-27-36(23-30-5-7-31(25-46)8-6-30)51-41(53)38-24-33(11-15-39(38)45)40-16-14-37(55-40)28-50-44(19-20-44)34-12-9-32(26-47)10-13-34/h3-16,24,26,29,35-36,47-50H,1-2,17-23,27-28H2,(H,51,53)/t36-/m1/s1. The average Bonchev–Trinajstić information content (AvgIpc) is 3.89. The Morgan fingerprint density at radius 1 is 1.04 bits per heavy atom. The van der Waals surface area contributed by atoms with Gasteiger partial charge in [-0.05, 0) is 103 Å². The zero-order valence-corrected chi connectivity index (χ0v) is 31.9. The number of nitrogens with zero attached hydrogens (tertiary/aromatic N) is 2. The molecule has 2 fully saturated rings. The van der Waals surface area contributed by atoms with Gasteiger partial charge in [0.05, 0.1) is 28.8 Å². The zero-order valence-electron chi connectivity index (χ0n) is 31.2. The van der Waals surface area contributed by atoms with Crippen LogP contribution in [0.25, 0.3) is 11.3 Å². The number of amides is 2. The smallest absolute Gasteiger partial charge is 0.411 e. The Hall–Kier alpha value is -5.80. The normalized spacial score (nSPS) is 15.5. The molecule has 0 spiro atoms. The van der Waals surface area contributed by atoms with Crippen molar-refractivity contribution in [2.75, 3.05) is 19.6 Å². The molecule has 1 aliphatic carbocycles. The first-order valence-corrected chi connectivity index (χ1v) is 19.0. The van der Waals surface area contributed by atoms with Crippen LogP contribution in [-0.2, 0) is 23.2 Å². The number of nitrogens with one attached hydrogen (secondary N) is 5. The highest BCUT2D eigenvalue weighted by Crippen LogP contribution is 2.45. The summed E-state index contributed by atoms with van der Waals surface area (Å²) in [6.07, 6.45) is 8.42. The van der Waals surface area contributed by atoms with Gasteiger partial charge in [0.2, 0.25) is 0 Å². The van der Waals surface area contributed by atoms with E-state index in [0.29, 0.717) is 67.4 Å². The van der Waals surface area contributed by atoms with Crippen LogP contribution in [0.1, 0.15) is 64.1 Å². The van der Waals surface area contributed by atoms with Crippen LogP contribution in [0, 0.1) is 22.1 Å². The van der Waals surface area contributed by atoms with E-state index in [0.717, 1.165) is 41.5 Å². The summed E-state index contributed by atoms with van der Waals surface area (Å²) < 4.78 is 11.8. The third-order valence-corrected chi connectivity index (χ3v) is 10.9. The van der Waals surface area contributed by atoms with Gasteiger partial charge in [0, 0.05) is 55.2 Å². The first kappa shape index (κ1) is 39.9. The summed E-state index contributed by atoms with van der Waals surface area (Å²) in [7, 11) is 0. The molecule has 6 rings (SSSR count). The molecule has 2 heterocycles. The van der Waals surface area contributed by atoms with E-state index in [9.17, 15) is 14.9 Å². The molecule has 2 amide bonds. The summed E-state index contributed by atoms with van der Waals surface area (Å²) in [5.74, 6) is 1.07. The first-order chi connectivity index (χ1) is 27.1. The number of furan rings is 1. The van der Waals surface area contributed by atoms with Gasteiger partial charge in [-0.3, -0.25) is 4.79 Å². The van der Waals surface area contributed by atoms with Crippen molar-refractivity contribution < 1.29 is 18.7 Å². The number of halogens is 1. The molecule has 2 aliphatic rings. The fourth-order valence-corrected chi connectivity index (χ4v) is 7.07. The molecule has 11 nitrogen and oxygen atoms in total. The highest BCUT2D eigenvalue weighted by molar-refractivity contribution is 6.34. The second-order valence-electron chi connectivity index (χ2n) is 14.3. The molecule has 0 radical (unpaired) electrons. The summed E-state index contributed by atoms with van der Waals surface area (Å²) >= 11 is 6.63. The lowest BCUT2D eigenvalue weighted by Crippen LogP contribution is -2.50. The van der Waals surface area contributed by atoms with Crippen molar-refractivity contribution in [3.63, 3.8) is 0 Å². The van der Waals surface area contributed by atoms with Gasteiger partial charge in [0.25, 0.3) is 5.91 Å². The van der Waals surface area contributed by atoms with Crippen LogP contribution in [0.3, 0.4) is 0 Å². The molecule has 56 heavy (non-hydrogen) atoms. The largest absolute Gasteiger partial charge is 0.460 e. The number of likely N-dealkylation sites (tertiary alicyclic amines) is 1. The number of rotatable bonds is 17. The van der Waals surface area contributed by atoms with E-state index in [1.807, 2.05) is 42.5 Å². The molecule has 1 aliphatic heterocycles. The van der Waals surface area contributed by atoms with Crippen LogP contribution < -0.4 is 16.0 Å². The lowest BCUT2D eigenvalue weighted by Gasteiger charge is -2.34. The number of hydrogen-bond acceptors (Lipinski definition) is 9. The maximum atomic E-state index is 13.9. The summed E-state index contributed by atoms with van der Waals surface area (Å²) in [6, 6.07) is 26.4. The van der Waals surface area contributed by atoms with Gasteiger partial charge >= 0.3 is 6.09 Å². The molecular formula is C44H46ClN7O4. The highest BCUT2D eigenvalue weighted by Gasteiger charge is 2.43. The fraction of sp³-hybridized carbons (Fsp3) is 0.295. The van der Waals surface area contributed by atoms with Crippen LogP contribution in [0.2, 0.25) is 5.02 Å². The minimum atomic E-state index is -1.35. The third kappa shape index (κ3) is 9.52. The van der Waals surface area contributed by atoms with E-state index >= 15 is 0 Å². The number of piperidine rings is 1. The van der Waals surface area contributed by atoms with Gasteiger partial charge in [-0.25, -0.2) is 4.79 Å². The Morgan fingerprint density at radius 3 is 2.38 bits per heavy atom. The van der Waals surface area contributed by atoms with Crippen LogP contribution in [0.4, 0.5) is 4.79 Å². The Morgan fingerprint density at radius 2 is 1.75 bits per heavy atom. The van der Waals surface area contributed by atoms with Crippen LogP contribution in [-0.4, -0.2) is 66.6 Å². The minimum Gasteiger partial charge on any atom is -0.460 e. The van der Waals surface area contributed by atoms with Crippen molar-refractivity contribution in [2.24, 2.45) is 0 Å². The molecule has 1 atom stereocenters. The number of carbonyl (C=O) groups is 2. The molecule has 1 saturated carbocycles. The number of nitriles is 1. The van der Waals surface area contributed by atoms with Gasteiger partial charge in [-0.1, -0.05) is 61.2 Å². The second-order valence-corrected chi connectivity index (χ2v) is 14.7. The topological polar surface area (TPSA) is 167 Å². The molecule has 12 heteroatoms. The number of benzene rings is 3. The summed E-state index contributed by atoms with van der Waals surface area (Å²) in [4.78, 5) is 28.3. The highest BCUT2D eigenvalue weighted by atomic mass is 35.5. The van der Waals surface area contributed by atoms with Crippen molar-refractivity contribution in [1.29, 1.82) is 16.1 Å². The van der Waals surface area contributed by atoms with E-state index in [2.05, 4.69) is 47.3 Å². The number of hydrogen-bond donors (Lipinski definition) is 5. The quantitative estimate of drug-likeness (QED) is 0.0546. The van der Waals surface area contributed by atoms with E-state index in [1.165, 1.54) is 23.9 Å². The molecule has 0 bridgehead atoms. The molecule has 5 N–H and O–H groups in total. The maximum Gasteiger partial charge on any atom is 0.411 e. The van der Waals surface area contributed by atoms with Crippen molar-refractivity contribution in [3.8, 4) is 17.4 Å². The van der Waals surface area contributed by atoms with E-state index in [4.69, 9.17) is 31.6 Å². The fourth-order valence-electron chi connectivity index (χ4n) is 6.87. The van der Waals surface area contributed by atoms with Gasteiger partial charge in [-0.2, -0.15) is 5.26 Å². The molecule has 0 unspecified atom stereocenters. The predicted molar refractivity (Wildman–Crippen MR) is 218 cm³/mol. The van der Waals surface area contributed by atoms with Crippen LogP contribution in [0.15, 0.2) is 109 Å². The zero-order chi connectivity index (χ0) is 39.7. The molecule has 1 aromatic heterocycles. The Bertz CT molecular complexity index is 2090. The van der Waals surface area contributed by atoms with Crippen LogP contribution >= 0.6 is 11.6 Å². The lowest BCUT2D eigenvalue weighted by molar-refractivity contribution is 0.0674. The second kappa shape index (κ2) is 17.8. The average molecular weight is 772 g/mol. The number of ether oxygens (including phenoxy) is 1. The van der Waals surface area contributed by atoms with Gasteiger partial charge in [-0.15, -0.1) is 0 Å². The monoisotopic (exact) mass is 771 g/mol. The van der Waals surface area contributed by atoms with Gasteiger partial charge in [0.1, 0.15) is 11.5 Å². The Labute approximate surface area is 332 Å². The summed E-state index contributed by atoms with van der Waals surface area (Å²) in [5.41, 5.74) is 3.18. The molecular weight excluding hydrogens is 726 g/mol. The van der Waals surface area contributed by atoms with Crippen molar-refractivity contribution in [3.05, 3.63) is 143 Å². The van der Waals surface area contributed by atoms with Gasteiger partial charge < -0.3 is 40.8 Å². The van der Waals surface area contributed by atoms with Crippen LogP contribution in [0.5, 0.6) is 0 Å². The molecule has 4 aromatic rings. The maximum absolute atomic E-state index is 13.9. The van der Waals surface area contributed by atoms with E-state index in [1.54, 1.807) is 29.2 Å². The Balaban J connectivity index is 1.09. The van der Waals surface area contributed by atoms with E-state index < -0.39 is 11.7 Å². The molecule has 3 aromatic carbocycles. The minimum absolute atomic E-state index is 0.0861. The van der Waals surface area contributed by atoms with Gasteiger partial charge in [0.15, 0.2) is 5.60 Å². The Kier molecular flexibility index (Phi) is 12.7. The SMILES string of the molecule is C=CC(C=C)(C=N)OC(=O)N1CCC(NC[C@@H](Cc2ccc(C#N)cc2)NC(=O)c2cc(-c3ccc(CNC4(c5ccc(C=N)cc5)CC4)o3)ccc2Cl)CC1. The van der Waals surface area contributed by atoms with E-state index in [-0.39, 0.29) is 23.5 Å². The predicted octanol–water partition coefficient (Wildman–Crippen LogP) is 7.54. The summed E-state index contributed by atoms with van der Waals surface area (Å²) in [5, 5.41) is 35.1. The van der Waals surface area contributed by atoms with Crippen molar-refractivity contribution >= 4 is 36.0 Å². The third-order valence-electron chi connectivity index (χ3n) is 10.6.